The summed E-state index contributed by atoms with van der Waals surface area (Å²) in [6.45, 7) is 0.182. The van der Waals surface area contributed by atoms with Gasteiger partial charge >= 0.3 is 0 Å². The van der Waals surface area contributed by atoms with Crippen LogP contribution in [0, 0.1) is 0 Å². The van der Waals surface area contributed by atoms with Gasteiger partial charge in [0.2, 0.25) is 12.7 Å². The van der Waals surface area contributed by atoms with Gasteiger partial charge in [0.05, 0.1) is 20.0 Å². The Morgan fingerprint density at radius 2 is 1.67 bits per heavy atom. The Morgan fingerprint density at radius 3 is 2.48 bits per heavy atom. The van der Waals surface area contributed by atoms with Gasteiger partial charge in [0.25, 0.3) is 5.91 Å². The Balaban J connectivity index is 1.34. The molecule has 2 N–H and O–H groups in total. The summed E-state index contributed by atoms with van der Waals surface area (Å²) < 4.78 is 21.1. The second kappa shape index (κ2) is 10.2. The van der Waals surface area contributed by atoms with Gasteiger partial charge in [-0.05, 0) is 48.5 Å². The molecule has 0 atom stereocenters. The summed E-state index contributed by atoms with van der Waals surface area (Å²) in [6.07, 6.45) is 0. The molecule has 33 heavy (non-hydrogen) atoms. The van der Waals surface area contributed by atoms with Gasteiger partial charge in [0.1, 0.15) is 0 Å². The molecule has 8 nitrogen and oxygen atoms in total. The highest BCUT2D eigenvalue weighted by molar-refractivity contribution is 8.00. The van der Waals surface area contributed by atoms with Crippen molar-refractivity contribution in [3.63, 3.8) is 0 Å². The quantitative estimate of drug-likeness (QED) is 0.475. The van der Waals surface area contributed by atoms with E-state index in [1.807, 2.05) is 18.2 Å². The van der Waals surface area contributed by atoms with Crippen molar-refractivity contribution in [3.8, 4) is 23.0 Å². The van der Waals surface area contributed by atoms with Crippen LogP contribution in [0.4, 0.5) is 11.4 Å². The Kier molecular flexibility index (Phi) is 6.89. The summed E-state index contributed by atoms with van der Waals surface area (Å²) in [5.41, 5.74) is 1.70. The molecule has 170 valence electrons. The highest BCUT2D eigenvalue weighted by Crippen LogP contribution is 2.34. The average molecular weight is 467 g/mol. The molecule has 0 bridgehead atoms. The number of methoxy groups -OCH3 is 2. The lowest BCUT2D eigenvalue weighted by molar-refractivity contribution is -0.113. The molecule has 0 radical (unpaired) electrons. The van der Waals surface area contributed by atoms with Crippen LogP contribution < -0.4 is 29.6 Å². The van der Waals surface area contributed by atoms with Crippen LogP contribution in [0.15, 0.2) is 65.6 Å². The number of anilines is 2. The first-order valence-electron chi connectivity index (χ1n) is 10.0. The second-order valence-electron chi connectivity index (χ2n) is 6.96. The first-order valence-corrected chi connectivity index (χ1v) is 11.0. The average Bonchev–Trinajstić information content (AvgIpc) is 3.30. The van der Waals surface area contributed by atoms with Gasteiger partial charge in [-0.25, -0.2) is 0 Å². The molecule has 2 amide bonds. The standard InChI is InChI=1S/C24H22N2O6S/c1-29-19-8-6-15(10-21(19)30-2)24(28)26-16-4-3-5-18(11-16)33-13-23(27)25-17-7-9-20-22(12-17)32-14-31-20/h3-12H,13-14H2,1-2H3,(H,25,27)(H,26,28). The Bertz CT molecular complexity index is 1180. The predicted octanol–water partition coefficient (Wildman–Crippen LogP) is 4.42. The molecule has 1 aliphatic rings. The van der Waals surface area contributed by atoms with E-state index in [0.717, 1.165) is 4.90 Å². The van der Waals surface area contributed by atoms with E-state index in [1.165, 1.54) is 26.0 Å². The number of carbonyl (C=O) groups excluding carboxylic acids is 2. The fourth-order valence-electron chi connectivity index (χ4n) is 3.16. The first-order chi connectivity index (χ1) is 16.1. The van der Waals surface area contributed by atoms with Gasteiger partial charge in [-0.1, -0.05) is 6.07 Å². The van der Waals surface area contributed by atoms with E-state index in [9.17, 15) is 9.59 Å². The van der Waals surface area contributed by atoms with Crippen molar-refractivity contribution in [2.45, 2.75) is 4.90 Å². The summed E-state index contributed by atoms with van der Waals surface area (Å²) in [7, 11) is 3.05. The number of benzene rings is 3. The van der Waals surface area contributed by atoms with E-state index in [4.69, 9.17) is 18.9 Å². The zero-order valence-electron chi connectivity index (χ0n) is 18.0. The van der Waals surface area contributed by atoms with E-state index in [1.54, 1.807) is 42.5 Å². The van der Waals surface area contributed by atoms with Gasteiger partial charge in [-0.3, -0.25) is 9.59 Å². The Hall–Kier alpha value is -3.85. The second-order valence-corrected chi connectivity index (χ2v) is 8.01. The summed E-state index contributed by atoms with van der Waals surface area (Å²) in [6, 6.07) is 17.5. The summed E-state index contributed by atoms with van der Waals surface area (Å²) in [4.78, 5) is 25.8. The summed E-state index contributed by atoms with van der Waals surface area (Å²) in [5, 5.41) is 5.71. The van der Waals surface area contributed by atoms with Gasteiger partial charge in [0.15, 0.2) is 23.0 Å². The third-order valence-corrected chi connectivity index (χ3v) is 5.76. The lowest BCUT2D eigenvalue weighted by Gasteiger charge is -2.11. The fraction of sp³-hybridized carbons (Fsp3) is 0.167. The lowest BCUT2D eigenvalue weighted by Crippen LogP contribution is -2.14. The van der Waals surface area contributed by atoms with Crippen LogP contribution >= 0.6 is 11.8 Å². The number of thioether (sulfide) groups is 1. The lowest BCUT2D eigenvalue weighted by atomic mass is 10.2. The minimum atomic E-state index is -0.279. The highest BCUT2D eigenvalue weighted by Gasteiger charge is 2.15. The number of nitrogens with one attached hydrogen (secondary N) is 2. The zero-order chi connectivity index (χ0) is 23.2. The summed E-state index contributed by atoms with van der Waals surface area (Å²) >= 11 is 1.37. The van der Waals surface area contributed by atoms with Gasteiger partial charge < -0.3 is 29.6 Å². The number of rotatable bonds is 8. The van der Waals surface area contributed by atoms with Gasteiger partial charge in [-0.15, -0.1) is 11.8 Å². The Morgan fingerprint density at radius 1 is 0.879 bits per heavy atom. The van der Waals surface area contributed by atoms with Crippen molar-refractivity contribution in [2.24, 2.45) is 0 Å². The third-order valence-electron chi connectivity index (χ3n) is 4.76. The van der Waals surface area contributed by atoms with Crippen molar-refractivity contribution in [2.75, 3.05) is 37.4 Å². The maximum atomic E-state index is 12.6. The van der Waals surface area contributed by atoms with E-state index in [0.29, 0.717) is 39.9 Å². The zero-order valence-corrected chi connectivity index (χ0v) is 18.9. The monoisotopic (exact) mass is 466 g/mol. The van der Waals surface area contributed by atoms with Crippen LogP contribution in [0.5, 0.6) is 23.0 Å². The Labute approximate surface area is 195 Å². The van der Waals surface area contributed by atoms with E-state index in [2.05, 4.69) is 10.6 Å². The van der Waals surface area contributed by atoms with Gasteiger partial charge in [0, 0.05) is 27.9 Å². The maximum Gasteiger partial charge on any atom is 0.255 e. The molecule has 9 heteroatoms. The van der Waals surface area contributed by atoms with Crippen LogP contribution in [0.2, 0.25) is 0 Å². The van der Waals surface area contributed by atoms with Crippen molar-refractivity contribution in [1.82, 2.24) is 0 Å². The van der Waals surface area contributed by atoms with Crippen LogP contribution in [0.3, 0.4) is 0 Å². The van der Waals surface area contributed by atoms with Crippen LogP contribution in [0.25, 0.3) is 0 Å². The molecule has 3 aromatic rings. The van der Waals surface area contributed by atoms with E-state index in [-0.39, 0.29) is 24.4 Å². The topological polar surface area (TPSA) is 95.1 Å². The number of hydrogen-bond donors (Lipinski definition) is 2. The molecular weight excluding hydrogens is 444 g/mol. The number of amides is 2. The minimum absolute atomic E-state index is 0.154. The number of carbonyl (C=O) groups is 2. The van der Waals surface area contributed by atoms with Crippen molar-refractivity contribution < 1.29 is 28.5 Å². The number of hydrogen-bond acceptors (Lipinski definition) is 7. The third kappa shape index (κ3) is 5.50. The van der Waals surface area contributed by atoms with Crippen molar-refractivity contribution in [1.29, 1.82) is 0 Å². The number of ether oxygens (including phenoxy) is 4. The summed E-state index contributed by atoms with van der Waals surface area (Å²) in [5.74, 6) is 2.07. The largest absolute Gasteiger partial charge is 0.493 e. The van der Waals surface area contributed by atoms with Gasteiger partial charge in [-0.2, -0.15) is 0 Å². The number of fused-ring (bicyclic) bond motifs is 1. The van der Waals surface area contributed by atoms with E-state index < -0.39 is 0 Å². The normalized spacial score (nSPS) is 11.6. The van der Waals surface area contributed by atoms with Crippen molar-refractivity contribution in [3.05, 3.63) is 66.2 Å². The van der Waals surface area contributed by atoms with Crippen molar-refractivity contribution >= 4 is 35.0 Å². The fourth-order valence-corrected chi connectivity index (χ4v) is 3.92. The SMILES string of the molecule is COc1ccc(C(=O)Nc2cccc(SCC(=O)Nc3ccc4c(c3)OCO4)c2)cc1OC. The molecule has 0 spiro atoms. The molecule has 0 aliphatic carbocycles. The highest BCUT2D eigenvalue weighted by atomic mass is 32.2. The molecule has 0 fully saturated rings. The molecule has 1 heterocycles. The van der Waals surface area contributed by atoms with Crippen LogP contribution in [-0.2, 0) is 4.79 Å². The molecule has 0 saturated heterocycles. The molecule has 3 aromatic carbocycles. The molecule has 0 saturated carbocycles. The van der Waals surface area contributed by atoms with Crippen LogP contribution in [0.1, 0.15) is 10.4 Å². The predicted molar refractivity (Wildman–Crippen MR) is 126 cm³/mol. The molecule has 0 aromatic heterocycles. The van der Waals surface area contributed by atoms with E-state index >= 15 is 0 Å². The molecular formula is C24H22N2O6S. The molecule has 1 aliphatic heterocycles. The maximum absolute atomic E-state index is 12.6. The van der Waals surface area contributed by atoms with Crippen LogP contribution in [-0.4, -0.2) is 38.6 Å². The smallest absolute Gasteiger partial charge is 0.255 e. The molecule has 0 unspecified atom stereocenters. The first kappa shape index (κ1) is 22.3. The molecule has 4 rings (SSSR count). The minimum Gasteiger partial charge on any atom is -0.493 e.